The van der Waals surface area contributed by atoms with E-state index >= 15 is 0 Å². The largest absolute Gasteiger partial charge is 0.506 e. The van der Waals surface area contributed by atoms with E-state index in [9.17, 15) is 14.7 Å². The number of carbonyl (C=O) groups is 2. The number of nitrogens with one attached hydrogen (secondary N) is 1. The van der Waals surface area contributed by atoms with Crippen LogP contribution in [-0.2, 0) is 9.53 Å². The third-order valence-electron chi connectivity index (χ3n) is 3.42. The second-order valence-electron chi connectivity index (χ2n) is 5.15. The minimum Gasteiger partial charge on any atom is -0.506 e. The molecule has 0 saturated heterocycles. The Morgan fingerprint density at radius 1 is 1.04 bits per heavy atom. The number of anilines is 1. The summed E-state index contributed by atoms with van der Waals surface area (Å²) in [6.07, 6.45) is -0.798. The van der Waals surface area contributed by atoms with Crippen molar-refractivity contribution < 1.29 is 28.9 Å². The molecule has 7 heteroatoms. The Morgan fingerprint density at radius 3 is 2.24 bits per heavy atom. The molecule has 0 heterocycles. The van der Waals surface area contributed by atoms with Crippen LogP contribution in [0, 0.1) is 0 Å². The highest BCUT2D eigenvalue weighted by atomic mass is 16.5. The lowest BCUT2D eigenvalue weighted by Crippen LogP contribution is -2.30. The SMILES string of the molecule is COC(=O)c1ccc(NC(=O)C(C)Oc2ccc(OC)cc2)c(O)c1. The molecular weight excluding hydrogens is 326 g/mol. The van der Waals surface area contributed by atoms with Crippen LogP contribution in [0.25, 0.3) is 0 Å². The van der Waals surface area contributed by atoms with Gasteiger partial charge in [-0.25, -0.2) is 4.79 Å². The average molecular weight is 345 g/mol. The van der Waals surface area contributed by atoms with Crippen LogP contribution in [0.5, 0.6) is 17.2 Å². The standard InChI is InChI=1S/C18H19NO6/c1-11(25-14-7-5-13(23-2)6-8-14)17(21)19-15-9-4-12(10-16(15)20)18(22)24-3/h4-11,20H,1-3H3,(H,19,21). The molecule has 1 amide bonds. The fourth-order valence-corrected chi connectivity index (χ4v) is 2.03. The number of esters is 1. The fourth-order valence-electron chi connectivity index (χ4n) is 2.03. The van der Waals surface area contributed by atoms with Crippen molar-refractivity contribution in [3.8, 4) is 17.2 Å². The third-order valence-corrected chi connectivity index (χ3v) is 3.42. The lowest BCUT2D eigenvalue weighted by molar-refractivity contribution is -0.122. The second kappa shape index (κ2) is 8.05. The summed E-state index contributed by atoms with van der Waals surface area (Å²) in [5.74, 6) is -0.0806. The normalized spacial score (nSPS) is 11.3. The number of amides is 1. The molecule has 0 aliphatic rings. The van der Waals surface area contributed by atoms with Gasteiger partial charge in [0, 0.05) is 0 Å². The lowest BCUT2D eigenvalue weighted by Gasteiger charge is -2.15. The van der Waals surface area contributed by atoms with E-state index in [0.29, 0.717) is 11.5 Å². The van der Waals surface area contributed by atoms with Crippen molar-refractivity contribution in [3.63, 3.8) is 0 Å². The molecule has 0 aromatic heterocycles. The number of phenolic OH excluding ortho intramolecular Hbond substituents is 1. The Labute approximate surface area is 145 Å². The predicted octanol–water partition coefficient (Wildman–Crippen LogP) is 2.59. The zero-order valence-corrected chi connectivity index (χ0v) is 14.1. The number of carbonyl (C=O) groups excluding carboxylic acids is 2. The summed E-state index contributed by atoms with van der Waals surface area (Å²) in [4.78, 5) is 23.6. The molecule has 1 unspecified atom stereocenters. The Bertz CT molecular complexity index is 757. The average Bonchev–Trinajstić information content (AvgIpc) is 2.63. The zero-order chi connectivity index (χ0) is 18.4. The number of methoxy groups -OCH3 is 2. The van der Waals surface area contributed by atoms with E-state index in [2.05, 4.69) is 10.1 Å². The molecule has 0 saturated carbocycles. The summed E-state index contributed by atoms with van der Waals surface area (Å²) in [5, 5.41) is 12.5. The monoisotopic (exact) mass is 345 g/mol. The topological polar surface area (TPSA) is 94.1 Å². The van der Waals surface area contributed by atoms with Crippen LogP contribution in [0.3, 0.4) is 0 Å². The van der Waals surface area contributed by atoms with Crippen molar-refractivity contribution in [1.82, 2.24) is 0 Å². The predicted molar refractivity (Wildman–Crippen MR) is 91.2 cm³/mol. The molecule has 0 radical (unpaired) electrons. The summed E-state index contributed by atoms with van der Waals surface area (Å²) in [6, 6.07) is 10.9. The highest BCUT2D eigenvalue weighted by Crippen LogP contribution is 2.25. The molecule has 2 N–H and O–H groups in total. The first kappa shape index (κ1) is 18.1. The summed E-state index contributed by atoms with van der Waals surface area (Å²) < 4.78 is 15.2. The van der Waals surface area contributed by atoms with Crippen molar-refractivity contribution in [2.45, 2.75) is 13.0 Å². The van der Waals surface area contributed by atoms with Crippen LogP contribution in [0.1, 0.15) is 17.3 Å². The summed E-state index contributed by atoms with van der Waals surface area (Å²) in [7, 11) is 2.80. The minimum atomic E-state index is -0.798. The van der Waals surface area contributed by atoms with Crippen molar-refractivity contribution in [2.75, 3.05) is 19.5 Å². The first-order valence-electron chi connectivity index (χ1n) is 7.47. The Hall–Kier alpha value is -3.22. The van der Waals surface area contributed by atoms with Crippen molar-refractivity contribution in [3.05, 3.63) is 48.0 Å². The van der Waals surface area contributed by atoms with Gasteiger partial charge >= 0.3 is 5.97 Å². The van der Waals surface area contributed by atoms with Gasteiger partial charge in [0.15, 0.2) is 6.10 Å². The van der Waals surface area contributed by atoms with Gasteiger partial charge in [-0.3, -0.25) is 4.79 Å². The number of rotatable bonds is 6. The molecule has 0 fully saturated rings. The number of aromatic hydroxyl groups is 1. The summed E-state index contributed by atoms with van der Waals surface area (Å²) >= 11 is 0. The molecule has 0 aliphatic carbocycles. The van der Waals surface area contributed by atoms with E-state index in [-0.39, 0.29) is 17.0 Å². The Morgan fingerprint density at radius 2 is 1.68 bits per heavy atom. The number of ether oxygens (including phenoxy) is 3. The Balaban J connectivity index is 2.01. The van der Waals surface area contributed by atoms with Gasteiger partial charge in [-0.15, -0.1) is 0 Å². The minimum absolute atomic E-state index is 0.169. The highest BCUT2D eigenvalue weighted by molar-refractivity contribution is 5.97. The number of hydrogen-bond acceptors (Lipinski definition) is 6. The van der Waals surface area contributed by atoms with E-state index in [0.717, 1.165) is 0 Å². The zero-order valence-electron chi connectivity index (χ0n) is 14.1. The molecule has 25 heavy (non-hydrogen) atoms. The number of phenols is 1. The maximum atomic E-state index is 12.2. The van der Waals surface area contributed by atoms with Crippen LogP contribution in [0.4, 0.5) is 5.69 Å². The van der Waals surface area contributed by atoms with E-state index in [1.54, 1.807) is 38.3 Å². The molecule has 132 valence electrons. The lowest BCUT2D eigenvalue weighted by atomic mass is 10.2. The van der Waals surface area contributed by atoms with E-state index in [4.69, 9.17) is 9.47 Å². The molecule has 0 bridgehead atoms. The maximum Gasteiger partial charge on any atom is 0.337 e. The molecule has 2 aromatic rings. The first-order valence-corrected chi connectivity index (χ1v) is 7.47. The van der Waals surface area contributed by atoms with Crippen molar-refractivity contribution in [2.24, 2.45) is 0 Å². The highest BCUT2D eigenvalue weighted by Gasteiger charge is 2.17. The smallest absolute Gasteiger partial charge is 0.337 e. The molecule has 0 aliphatic heterocycles. The van der Waals surface area contributed by atoms with Crippen molar-refractivity contribution >= 4 is 17.6 Å². The quantitative estimate of drug-likeness (QED) is 0.617. The molecule has 1 atom stereocenters. The van der Waals surface area contributed by atoms with Crippen LogP contribution in [0.15, 0.2) is 42.5 Å². The molecular formula is C18H19NO6. The van der Waals surface area contributed by atoms with Crippen molar-refractivity contribution in [1.29, 1.82) is 0 Å². The second-order valence-corrected chi connectivity index (χ2v) is 5.15. The summed E-state index contributed by atoms with van der Waals surface area (Å²) in [6.45, 7) is 1.58. The van der Waals surface area contributed by atoms with Gasteiger partial charge in [0.25, 0.3) is 5.91 Å². The van der Waals surface area contributed by atoms with Gasteiger partial charge in [0.2, 0.25) is 0 Å². The number of benzene rings is 2. The fraction of sp³-hybridized carbons (Fsp3) is 0.222. The first-order chi connectivity index (χ1) is 11.9. The van der Waals surface area contributed by atoms with Gasteiger partial charge in [0.1, 0.15) is 17.2 Å². The van der Waals surface area contributed by atoms with Gasteiger partial charge in [-0.05, 0) is 49.4 Å². The van der Waals surface area contributed by atoms with Crippen LogP contribution < -0.4 is 14.8 Å². The van der Waals surface area contributed by atoms with Crippen LogP contribution in [-0.4, -0.2) is 37.3 Å². The maximum absolute atomic E-state index is 12.2. The molecule has 7 nitrogen and oxygen atoms in total. The van der Waals surface area contributed by atoms with Crippen LogP contribution >= 0.6 is 0 Å². The van der Waals surface area contributed by atoms with Gasteiger partial charge < -0.3 is 24.6 Å². The molecule has 2 aromatic carbocycles. The Kier molecular flexibility index (Phi) is 5.84. The van der Waals surface area contributed by atoms with Gasteiger partial charge in [0.05, 0.1) is 25.5 Å². The van der Waals surface area contributed by atoms with E-state index in [1.807, 2.05) is 0 Å². The van der Waals surface area contributed by atoms with Crippen LogP contribution in [0.2, 0.25) is 0 Å². The number of hydrogen-bond donors (Lipinski definition) is 2. The summed E-state index contributed by atoms with van der Waals surface area (Å²) in [5.41, 5.74) is 0.350. The van der Waals surface area contributed by atoms with E-state index < -0.39 is 18.0 Å². The van der Waals surface area contributed by atoms with E-state index in [1.165, 1.54) is 25.3 Å². The molecule has 2 rings (SSSR count). The molecule has 0 spiro atoms. The third kappa shape index (κ3) is 4.63. The van der Waals surface area contributed by atoms with Gasteiger partial charge in [-0.1, -0.05) is 0 Å². The van der Waals surface area contributed by atoms with Gasteiger partial charge in [-0.2, -0.15) is 0 Å².